The van der Waals surface area contributed by atoms with Crippen LogP contribution in [0.5, 0.6) is 0 Å². The summed E-state index contributed by atoms with van der Waals surface area (Å²) in [5, 5.41) is 0.0141. The number of ether oxygens (including phenoxy) is 2. The molecule has 5 unspecified atom stereocenters. The van der Waals surface area contributed by atoms with Gasteiger partial charge in [0, 0.05) is 5.66 Å². The number of nitrogens with zero attached hydrogens (tertiary/aromatic N) is 2. The minimum absolute atomic E-state index is 0.0141. The summed E-state index contributed by atoms with van der Waals surface area (Å²) >= 11 is 6.27. The van der Waals surface area contributed by atoms with E-state index in [0.717, 1.165) is 4.90 Å². The second kappa shape index (κ2) is 10.5. The third-order valence-corrected chi connectivity index (χ3v) is 7.05. The lowest BCUT2D eigenvalue weighted by Crippen LogP contribution is -2.53. The minimum atomic E-state index is -4.70. The SMILES string of the molecule is C#CC(P)CC1(C)OB(c2cc(C3CN(C(=O)OC(C)(C)C)CC(C(F)(F)F)O3)cc(Cl)n2)OC1(C)C. The lowest BCUT2D eigenvalue weighted by molar-refractivity contribution is -0.252. The van der Waals surface area contributed by atoms with Gasteiger partial charge in [0.25, 0.3) is 0 Å². The smallest absolute Gasteiger partial charge is 0.444 e. The number of terminal acetylenes is 1. The van der Waals surface area contributed by atoms with E-state index >= 15 is 0 Å². The van der Waals surface area contributed by atoms with Gasteiger partial charge in [0.15, 0.2) is 6.10 Å². The zero-order chi connectivity index (χ0) is 28.0. The van der Waals surface area contributed by atoms with Gasteiger partial charge in [-0.3, -0.25) is 0 Å². The van der Waals surface area contributed by atoms with Gasteiger partial charge in [0.05, 0.1) is 29.9 Å². The van der Waals surface area contributed by atoms with Crippen molar-refractivity contribution < 1.29 is 36.7 Å². The summed E-state index contributed by atoms with van der Waals surface area (Å²) in [5.74, 6) is 2.65. The van der Waals surface area contributed by atoms with Crippen molar-refractivity contribution in [3.8, 4) is 12.3 Å². The Morgan fingerprint density at radius 3 is 2.54 bits per heavy atom. The first-order chi connectivity index (χ1) is 16.8. The fourth-order valence-electron chi connectivity index (χ4n) is 4.13. The van der Waals surface area contributed by atoms with Gasteiger partial charge in [-0.15, -0.1) is 15.7 Å². The molecule has 5 atom stereocenters. The average Bonchev–Trinajstić information content (AvgIpc) is 2.99. The van der Waals surface area contributed by atoms with Crippen molar-refractivity contribution in [2.24, 2.45) is 0 Å². The van der Waals surface area contributed by atoms with Gasteiger partial charge >= 0.3 is 19.4 Å². The van der Waals surface area contributed by atoms with Crippen LogP contribution in [0.25, 0.3) is 0 Å². The second-order valence-electron chi connectivity index (χ2n) is 11.0. The average molecular weight is 563 g/mol. The first kappa shape index (κ1) is 30.0. The number of carbonyl (C=O) groups is 1. The predicted molar refractivity (Wildman–Crippen MR) is 138 cm³/mol. The molecule has 0 N–H and O–H groups in total. The van der Waals surface area contributed by atoms with Gasteiger partial charge < -0.3 is 23.7 Å². The molecule has 7 nitrogen and oxygen atoms in total. The van der Waals surface area contributed by atoms with Gasteiger partial charge in [0.1, 0.15) is 16.9 Å². The predicted octanol–water partition coefficient (Wildman–Crippen LogP) is 4.52. The highest BCUT2D eigenvalue weighted by Crippen LogP contribution is 2.41. The number of alkyl halides is 3. The lowest BCUT2D eigenvalue weighted by Gasteiger charge is -2.39. The molecule has 0 bridgehead atoms. The molecule has 1 aromatic heterocycles. The second-order valence-corrected chi connectivity index (χ2v) is 12.2. The fourth-order valence-corrected chi connectivity index (χ4v) is 4.80. The molecule has 1 amide bonds. The number of carbonyl (C=O) groups excluding carboxylic acids is 1. The van der Waals surface area contributed by atoms with Crippen molar-refractivity contribution in [3.05, 3.63) is 22.8 Å². The Morgan fingerprint density at radius 1 is 1.32 bits per heavy atom. The van der Waals surface area contributed by atoms with E-state index in [4.69, 9.17) is 36.8 Å². The normalized spacial score (nSPS) is 27.1. The third-order valence-electron chi connectivity index (χ3n) is 6.43. The molecule has 0 aromatic carbocycles. The van der Waals surface area contributed by atoms with E-state index in [0.29, 0.717) is 12.0 Å². The van der Waals surface area contributed by atoms with Crippen LogP contribution in [0.2, 0.25) is 5.15 Å². The highest BCUT2D eigenvalue weighted by Gasteiger charge is 2.55. The summed E-state index contributed by atoms with van der Waals surface area (Å²) in [4.78, 5) is 17.9. The van der Waals surface area contributed by atoms with Crippen molar-refractivity contribution in [3.63, 3.8) is 0 Å². The number of rotatable bonds is 4. The maximum absolute atomic E-state index is 13.7. The van der Waals surface area contributed by atoms with Gasteiger partial charge in [-0.05, 0) is 65.7 Å². The molecule has 2 aliphatic rings. The van der Waals surface area contributed by atoms with E-state index in [1.165, 1.54) is 12.1 Å². The molecule has 37 heavy (non-hydrogen) atoms. The Labute approximate surface area is 223 Å². The summed E-state index contributed by atoms with van der Waals surface area (Å²) in [6, 6.07) is 2.92. The molecule has 204 valence electrons. The number of halogens is 4. The summed E-state index contributed by atoms with van der Waals surface area (Å²) in [6.07, 6.45) is -2.90. The molecule has 3 heterocycles. The first-order valence-corrected chi connectivity index (χ1v) is 12.8. The molecule has 3 rings (SSSR count). The van der Waals surface area contributed by atoms with E-state index in [1.807, 2.05) is 20.8 Å². The fraction of sp³-hybridized carbons (Fsp3) is 0.667. The maximum Gasteiger partial charge on any atom is 0.514 e. The highest BCUT2D eigenvalue weighted by atomic mass is 35.5. The monoisotopic (exact) mass is 562 g/mol. The zero-order valence-corrected chi connectivity index (χ0v) is 23.6. The molecule has 2 aliphatic heterocycles. The van der Waals surface area contributed by atoms with E-state index < -0.39 is 54.9 Å². The Kier molecular flexibility index (Phi) is 8.54. The highest BCUT2D eigenvalue weighted by molar-refractivity contribution is 7.18. The topological polar surface area (TPSA) is 70.1 Å². The standard InChI is InChI=1S/C24H32BClF3N2O5P/c1-8-15(37)11-23(7)22(5,6)35-25(36-23)18-9-14(10-19(26)30-18)16-12-31(20(32)34-21(2,3)4)13-17(33-16)24(27,28)29/h1,9-10,15-17H,11-13,37H2,2-7H3. The molecule has 0 saturated carbocycles. The Hall–Kier alpha value is -1.57. The number of pyridine rings is 1. The quantitative estimate of drug-likeness (QED) is 0.233. The summed E-state index contributed by atoms with van der Waals surface area (Å²) in [5.41, 5.74) is -2.02. The van der Waals surface area contributed by atoms with Crippen LogP contribution in [0.4, 0.5) is 18.0 Å². The van der Waals surface area contributed by atoms with Gasteiger partial charge in [0.2, 0.25) is 0 Å². The number of hydrogen-bond donors (Lipinski definition) is 0. The first-order valence-electron chi connectivity index (χ1n) is 11.8. The summed E-state index contributed by atoms with van der Waals surface area (Å²) < 4.78 is 64.3. The van der Waals surface area contributed by atoms with Crippen LogP contribution >= 0.6 is 20.8 Å². The number of hydrogen-bond acceptors (Lipinski definition) is 6. The van der Waals surface area contributed by atoms with Crippen molar-refractivity contribution in [1.29, 1.82) is 0 Å². The van der Waals surface area contributed by atoms with Crippen LogP contribution in [-0.4, -0.2) is 70.9 Å². The Morgan fingerprint density at radius 2 is 1.97 bits per heavy atom. The van der Waals surface area contributed by atoms with Crippen molar-refractivity contribution in [1.82, 2.24) is 9.88 Å². The molecular formula is C24H32BClF3N2O5P. The van der Waals surface area contributed by atoms with E-state index in [9.17, 15) is 18.0 Å². The number of morpholine rings is 1. The van der Waals surface area contributed by atoms with Crippen LogP contribution in [0.15, 0.2) is 12.1 Å². The van der Waals surface area contributed by atoms with Crippen LogP contribution in [0, 0.1) is 12.3 Å². The molecule has 0 radical (unpaired) electrons. The van der Waals surface area contributed by atoms with Crippen molar-refractivity contribution in [2.75, 3.05) is 13.1 Å². The summed E-state index contributed by atoms with van der Waals surface area (Å²) in [6.45, 7) is 9.66. The van der Waals surface area contributed by atoms with Gasteiger partial charge in [-0.1, -0.05) is 17.5 Å². The van der Waals surface area contributed by atoms with E-state index in [1.54, 1.807) is 20.8 Å². The van der Waals surface area contributed by atoms with Crippen molar-refractivity contribution >= 4 is 39.6 Å². The molecule has 0 spiro atoms. The third kappa shape index (κ3) is 7.10. The number of aromatic nitrogens is 1. The van der Waals surface area contributed by atoms with Crippen LogP contribution < -0.4 is 5.59 Å². The summed E-state index contributed by atoms with van der Waals surface area (Å²) in [7, 11) is 1.63. The largest absolute Gasteiger partial charge is 0.514 e. The molecule has 13 heteroatoms. The van der Waals surface area contributed by atoms with E-state index in [2.05, 4.69) is 20.1 Å². The lowest BCUT2D eigenvalue weighted by atomic mass is 9.82. The molecular weight excluding hydrogens is 531 g/mol. The van der Waals surface area contributed by atoms with Gasteiger partial charge in [-0.25, -0.2) is 9.78 Å². The molecule has 1 aromatic rings. The Balaban J connectivity index is 1.91. The van der Waals surface area contributed by atoms with E-state index in [-0.39, 0.29) is 23.0 Å². The van der Waals surface area contributed by atoms with Crippen molar-refractivity contribution in [2.45, 2.75) is 88.8 Å². The molecule has 2 fully saturated rings. The zero-order valence-electron chi connectivity index (χ0n) is 21.7. The number of amides is 1. The van der Waals surface area contributed by atoms with Crippen LogP contribution in [0.1, 0.15) is 59.6 Å². The minimum Gasteiger partial charge on any atom is -0.444 e. The maximum atomic E-state index is 13.7. The molecule has 2 saturated heterocycles. The molecule has 0 aliphatic carbocycles. The van der Waals surface area contributed by atoms with Crippen LogP contribution in [-0.2, 0) is 18.8 Å². The van der Waals surface area contributed by atoms with Gasteiger partial charge in [-0.2, -0.15) is 13.2 Å². The Bertz CT molecular complexity index is 1060. The van der Waals surface area contributed by atoms with Crippen LogP contribution in [0.3, 0.4) is 0 Å².